The third-order valence-electron chi connectivity index (χ3n) is 13.6. The van der Waals surface area contributed by atoms with Gasteiger partial charge in [0.05, 0.1) is 0 Å². The standard InChI is InChI=1S/C63H116O6/c1-4-7-10-13-16-19-22-25-28-30-31-33-36-38-41-44-47-50-53-56-62(65)68-59-60(69-63(66)57-54-51-48-45-42-39-34-27-24-21-18-15-12-9-6-3)58-67-61(64)55-52-49-46-43-40-37-35-32-29-26-23-20-17-14-11-8-5-2/h21,24-26,28-29,60H,4-20,22-23,27,30-59H2,1-3H3/b24-21-,28-25-,29-26-/t60-/m0/s1. The van der Waals surface area contributed by atoms with Crippen molar-refractivity contribution in [3.63, 3.8) is 0 Å². The van der Waals surface area contributed by atoms with Crippen LogP contribution in [0.1, 0.15) is 329 Å². The second-order valence-corrected chi connectivity index (χ2v) is 20.6. The molecule has 0 unspecified atom stereocenters. The largest absolute Gasteiger partial charge is 0.462 e. The molecule has 1 atom stereocenters. The maximum absolute atomic E-state index is 12.9. The van der Waals surface area contributed by atoms with E-state index in [2.05, 4.69) is 57.2 Å². The van der Waals surface area contributed by atoms with E-state index in [0.29, 0.717) is 19.3 Å². The van der Waals surface area contributed by atoms with Gasteiger partial charge < -0.3 is 14.2 Å². The molecule has 0 amide bonds. The molecular formula is C63H116O6. The molecule has 6 nitrogen and oxygen atoms in total. The second-order valence-electron chi connectivity index (χ2n) is 20.6. The van der Waals surface area contributed by atoms with Crippen LogP contribution in [0.15, 0.2) is 36.5 Å². The number of allylic oxidation sites excluding steroid dienone is 6. The van der Waals surface area contributed by atoms with Crippen LogP contribution < -0.4 is 0 Å². The summed E-state index contributed by atoms with van der Waals surface area (Å²) in [4.78, 5) is 38.2. The van der Waals surface area contributed by atoms with E-state index in [1.165, 1.54) is 231 Å². The number of rotatable bonds is 56. The Morgan fingerprint density at radius 3 is 0.739 bits per heavy atom. The Hall–Kier alpha value is -2.37. The fourth-order valence-corrected chi connectivity index (χ4v) is 8.96. The van der Waals surface area contributed by atoms with Crippen LogP contribution in [0.5, 0.6) is 0 Å². The van der Waals surface area contributed by atoms with Crippen molar-refractivity contribution in [2.75, 3.05) is 13.2 Å². The van der Waals surface area contributed by atoms with Crippen molar-refractivity contribution in [2.24, 2.45) is 0 Å². The lowest BCUT2D eigenvalue weighted by molar-refractivity contribution is -0.167. The van der Waals surface area contributed by atoms with E-state index in [4.69, 9.17) is 14.2 Å². The molecule has 404 valence electrons. The van der Waals surface area contributed by atoms with Gasteiger partial charge in [0.15, 0.2) is 6.10 Å². The van der Waals surface area contributed by atoms with Crippen LogP contribution in [0, 0.1) is 0 Å². The average Bonchev–Trinajstić information content (AvgIpc) is 3.35. The molecule has 0 aromatic carbocycles. The third-order valence-corrected chi connectivity index (χ3v) is 13.6. The molecular weight excluding hydrogens is 853 g/mol. The summed E-state index contributed by atoms with van der Waals surface area (Å²) in [6, 6.07) is 0. The molecule has 0 fully saturated rings. The van der Waals surface area contributed by atoms with E-state index in [1.807, 2.05) is 0 Å². The fourth-order valence-electron chi connectivity index (χ4n) is 8.96. The van der Waals surface area contributed by atoms with Gasteiger partial charge in [-0.1, -0.05) is 250 Å². The van der Waals surface area contributed by atoms with E-state index in [0.717, 1.165) is 57.8 Å². The van der Waals surface area contributed by atoms with E-state index >= 15 is 0 Å². The lowest BCUT2D eigenvalue weighted by Gasteiger charge is -2.18. The molecule has 0 saturated heterocycles. The molecule has 0 aromatic heterocycles. The summed E-state index contributed by atoms with van der Waals surface area (Å²) in [5.41, 5.74) is 0. The number of hydrogen-bond acceptors (Lipinski definition) is 6. The maximum Gasteiger partial charge on any atom is 0.306 e. The summed E-state index contributed by atoms with van der Waals surface area (Å²) >= 11 is 0. The van der Waals surface area contributed by atoms with Crippen molar-refractivity contribution in [1.82, 2.24) is 0 Å². The van der Waals surface area contributed by atoms with Gasteiger partial charge in [-0.15, -0.1) is 0 Å². The predicted octanol–water partition coefficient (Wildman–Crippen LogP) is 20.4. The Labute approximate surface area is 429 Å². The third kappa shape index (κ3) is 56.4. The minimum atomic E-state index is -0.776. The van der Waals surface area contributed by atoms with Gasteiger partial charge >= 0.3 is 17.9 Å². The smallest absolute Gasteiger partial charge is 0.306 e. The molecule has 0 heterocycles. The Balaban J connectivity index is 4.34. The highest BCUT2D eigenvalue weighted by Crippen LogP contribution is 2.16. The SMILES string of the molecule is CCCCCC/C=C\CCCCCCCCCC(=O)O[C@@H](COC(=O)CCCCCCCCC/C=C\CCCCCCCC)COC(=O)CCCCCCCCCCC/C=C\CCCCCCCC. The average molecular weight is 970 g/mol. The summed E-state index contributed by atoms with van der Waals surface area (Å²) in [7, 11) is 0. The van der Waals surface area contributed by atoms with E-state index in [-0.39, 0.29) is 31.1 Å². The van der Waals surface area contributed by atoms with Crippen LogP contribution in [-0.4, -0.2) is 37.2 Å². The van der Waals surface area contributed by atoms with Crippen molar-refractivity contribution in [3.8, 4) is 0 Å². The summed E-state index contributed by atoms with van der Waals surface area (Å²) in [5.74, 6) is -0.866. The van der Waals surface area contributed by atoms with E-state index in [1.54, 1.807) is 0 Å². The lowest BCUT2D eigenvalue weighted by Crippen LogP contribution is -2.30. The minimum absolute atomic E-state index is 0.0737. The minimum Gasteiger partial charge on any atom is -0.462 e. The van der Waals surface area contributed by atoms with Crippen LogP contribution in [0.25, 0.3) is 0 Å². The zero-order valence-electron chi connectivity index (χ0n) is 46.3. The van der Waals surface area contributed by atoms with E-state index < -0.39 is 6.10 Å². The number of esters is 3. The first-order chi connectivity index (χ1) is 34.0. The van der Waals surface area contributed by atoms with Crippen molar-refractivity contribution in [3.05, 3.63) is 36.5 Å². The highest BCUT2D eigenvalue weighted by atomic mass is 16.6. The van der Waals surface area contributed by atoms with Gasteiger partial charge in [0.2, 0.25) is 0 Å². The number of carbonyl (C=O) groups is 3. The Kier molecular flexibility index (Phi) is 56.2. The Bertz CT molecular complexity index is 1160. The maximum atomic E-state index is 12.9. The number of carbonyl (C=O) groups excluding carboxylic acids is 3. The van der Waals surface area contributed by atoms with Gasteiger partial charge in [0, 0.05) is 19.3 Å². The van der Waals surface area contributed by atoms with Crippen molar-refractivity contribution < 1.29 is 28.6 Å². The highest BCUT2D eigenvalue weighted by molar-refractivity contribution is 5.71. The molecule has 0 saturated carbocycles. The Morgan fingerprint density at radius 1 is 0.275 bits per heavy atom. The lowest BCUT2D eigenvalue weighted by atomic mass is 10.1. The van der Waals surface area contributed by atoms with Gasteiger partial charge in [-0.2, -0.15) is 0 Å². The van der Waals surface area contributed by atoms with Gasteiger partial charge in [-0.3, -0.25) is 14.4 Å². The summed E-state index contributed by atoms with van der Waals surface area (Å²) < 4.78 is 16.9. The second kappa shape index (κ2) is 58.2. The zero-order valence-corrected chi connectivity index (χ0v) is 46.3. The highest BCUT2D eigenvalue weighted by Gasteiger charge is 2.19. The molecule has 0 aromatic rings. The van der Waals surface area contributed by atoms with Crippen LogP contribution in [0.4, 0.5) is 0 Å². The molecule has 0 rings (SSSR count). The van der Waals surface area contributed by atoms with Gasteiger partial charge in [-0.05, 0) is 96.3 Å². The molecule has 0 aliphatic carbocycles. The predicted molar refractivity (Wildman–Crippen MR) is 298 cm³/mol. The topological polar surface area (TPSA) is 78.9 Å². The fraction of sp³-hybridized carbons (Fsp3) is 0.857. The first-order valence-electron chi connectivity index (χ1n) is 30.5. The van der Waals surface area contributed by atoms with Gasteiger partial charge in [-0.25, -0.2) is 0 Å². The van der Waals surface area contributed by atoms with Crippen LogP contribution in [0.3, 0.4) is 0 Å². The molecule has 0 aliphatic rings. The van der Waals surface area contributed by atoms with Gasteiger partial charge in [0.25, 0.3) is 0 Å². The van der Waals surface area contributed by atoms with Crippen molar-refractivity contribution in [2.45, 2.75) is 335 Å². The molecule has 0 aliphatic heterocycles. The van der Waals surface area contributed by atoms with E-state index in [9.17, 15) is 14.4 Å². The summed E-state index contributed by atoms with van der Waals surface area (Å²) in [5, 5.41) is 0. The molecule has 0 radical (unpaired) electrons. The van der Waals surface area contributed by atoms with Crippen molar-refractivity contribution in [1.29, 1.82) is 0 Å². The summed E-state index contributed by atoms with van der Waals surface area (Å²) in [6.45, 7) is 6.66. The first kappa shape index (κ1) is 66.6. The van der Waals surface area contributed by atoms with Crippen molar-refractivity contribution >= 4 is 17.9 Å². The van der Waals surface area contributed by atoms with Crippen LogP contribution in [-0.2, 0) is 28.6 Å². The van der Waals surface area contributed by atoms with Gasteiger partial charge in [0.1, 0.15) is 13.2 Å². The molecule has 0 spiro atoms. The Morgan fingerprint density at radius 2 is 0.478 bits per heavy atom. The normalized spacial score (nSPS) is 12.2. The molecule has 0 N–H and O–H groups in total. The zero-order chi connectivity index (χ0) is 50.0. The quantitative estimate of drug-likeness (QED) is 0.0261. The van der Waals surface area contributed by atoms with Crippen LogP contribution in [0.2, 0.25) is 0 Å². The van der Waals surface area contributed by atoms with Crippen LogP contribution >= 0.6 is 0 Å². The number of hydrogen-bond donors (Lipinski definition) is 0. The number of unbranched alkanes of at least 4 members (excludes halogenated alkanes) is 39. The number of ether oxygens (including phenoxy) is 3. The monoisotopic (exact) mass is 969 g/mol. The first-order valence-corrected chi connectivity index (χ1v) is 30.5. The summed E-state index contributed by atoms with van der Waals surface area (Å²) in [6.07, 6.45) is 69.9. The molecule has 0 bridgehead atoms. The molecule has 6 heteroatoms. The molecule has 69 heavy (non-hydrogen) atoms.